The smallest absolute Gasteiger partial charge is 0.217 e. The van der Waals surface area contributed by atoms with Gasteiger partial charge in [-0.2, -0.15) is 5.10 Å². The van der Waals surface area contributed by atoms with Crippen LogP contribution in [-0.2, 0) is 23.4 Å². The molecule has 0 spiro atoms. The van der Waals surface area contributed by atoms with Crippen LogP contribution in [0.5, 0.6) is 0 Å². The quantitative estimate of drug-likeness (QED) is 0.908. The van der Waals surface area contributed by atoms with Crippen molar-refractivity contribution in [1.29, 1.82) is 0 Å². The number of rotatable bonds is 5. The molecule has 1 saturated heterocycles. The molecule has 1 fully saturated rings. The largest absolute Gasteiger partial charge is 0.343 e. The zero-order valence-corrected chi connectivity index (χ0v) is 14.7. The number of hydrogen-bond donors (Lipinski definition) is 1. The first-order chi connectivity index (χ1) is 11.0. The third-order valence-electron chi connectivity index (χ3n) is 4.21. The summed E-state index contributed by atoms with van der Waals surface area (Å²) in [5.74, 6) is -0.00138. The number of aryl methyl sites for hydroxylation is 2. The second kappa shape index (κ2) is 6.41. The van der Waals surface area contributed by atoms with Gasteiger partial charge < -0.3 is 5.32 Å². The number of likely N-dealkylation sites (tertiary alicyclic amines) is 1. The van der Waals surface area contributed by atoms with Gasteiger partial charge in [-0.1, -0.05) is 0 Å². The Hall–Kier alpha value is -1.73. The van der Waals surface area contributed by atoms with Crippen molar-refractivity contribution in [3.8, 4) is 0 Å². The molecule has 0 radical (unpaired) electrons. The Bertz CT molecular complexity index is 694. The Morgan fingerprint density at radius 2 is 2.35 bits per heavy atom. The first kappa shape index (κ1) is 16.1. The lowest BCUT2D eigenvalue weighted by atomic mass is 9.99. The Labute approximate surface area is 140 Å². The van der Waals surface area contributed by atoms with E-state index in [1.165, 1.54) is 5.56 Å². The summed E-state index contributed by atoms with van der Waals surface area (Å²) in [6, 6.07) is 0. The Morgan fingerprint density at radius 1 is 1.52 bits per heavy atom. The van der Waals surface area contributed by atoms with Gasteiger partial charge in [0.2, 0.25) is 5.91 Å². The van der Waals surface area contributed by atoms with E-state index < -0.39 is 0 Å². The van der Waals surface area contributed by atoms with Crippen LogP contribution in [0, 0.1) is 6.92 Å². The molecule has 1 aliphatic heterocycles. The second-order valence-electron chi connectivity index (χ2n) is 6.22. The zero-order valence-electron chi connectivity index (χ0n) is 13.9. The maximum absolute atomic E-state index is 11.7. The van der Waals surface area contributed by atoms with Crippen molar-refractivity contribution >= 4 is 17.2 Å². The van der Waals surface area contributed by atoms with E-state index in [2.05, 4.69) is 33.4 Å². The molecule has 1 unspecified atom stereocenters. The molecule has 7 heteroatoms. The monoisotopic (exact) mass is 333 g/mol. The van der Waals surface area contributed by atoms with E-state index >= 15 is 0 Å². The summed E-state index contributed by atoms with van der Waals surface area (Å²) in [5.41, 5.74) is 1.86. The Morgan fingerprint density at radius 3 is 2.96 bits per heavy atom. The summed E-state index contributed by atoms with van der Waals surface area (Å²) in [7, 11) is 0. The fourth-order valence-electron chi connectivity index (χ4n) is 3.18. The molecule has 1 N–H and O–H groups in total. The van der Waals surface area contributed by atoms with E-state index in [4.69, 9.17) is 0 Å². The van der Waals surface area contributed by atoms with Gasteiger partial charge in [0.25, 0.3) is 0 Å². The highest BCUT2D eigenvalue weighted by atomic mass is 32.1. The summed E-state index contributed by atoms with van der Waals surface area (Å²) in [6.07, 6.45) is 4.91. The minimum Gasteiger partial charge on any atom is -0.343 e. The van der Waals surface area contributed by atoms with Crippen LogP contribution in [0.25, 0.3) is 0 Å². The normalized spacial score (nSPS) is 21.7. The molecule has 23 heavy (non-hydrogen) atoms. The molecule has 1 aliphatic rings. The lowest BCUT2D eigenvalue weighted by Crippen LogP contribution is -2.47. The highest BCUT2D eigenvalue weighted by Gasteiger charge is 2.42. The molecule has 0 saturated carbocycles. The predicted molar refractivity (Wildman–Crippen MR) is 90.1 cm³/mol. The number of carbonyl (C=O) groups is 1. The second-order valence-corrected chi connectivity index (χ2v) is 7.08. The number of amides is 1. The maximum atomic E-state index is 11.7. The summed E-state index contributed by atoms with van der Waals surface area (Å²) in [5, 5.41) is 10.6. The summed E-state index contributed by atoms with van der Waals surface area (Å²) in [6.45, 7) is 9.12. The Kier molecular flexibility index (Phi) is 4.50. The zero-order chi connectivity index (χ0) is 16.4. The number of nitrogens with one attached hydrogen (secondary N) is 1. The van der Waals surface area contributed by atoms with Crippen LogP contribution in [0.15, 0.2) is 17.8 Å². The van der Waals surface area contributed by atoms with E-state index in [0.717, 1.165) is 43.3 Å². The van der Waals surface area contributed by atoms with Gasteiger partial charge in [-0.25, -0.2) is 4.98 Å². The molecule has 0 aromatic carbocycles. The maximum Gasteiger partial charge on any atom is 0.217 e. The van der Waals surface area contributed by atoms with Gasteiger partial charge in [0, 0.05) is 55.9 Å². The van der Waals surface area contributed by atoms with Crippen LogP contribution in [0.3, 0.4) is 0 Å². The minimum absolute atomic E-state index is 0.00138. The van der Waals surface area contributed by atoms with Crippen LogP contribution < -0.4 is 5.32 Å². The van der Waals surface area contributed by atoms with Crippen LogP contribution >= 0.6 is 11.3 Å². The molecule has 2 aromatic rings. The van der Waals surface area contributed by atoms with Crippen molar-refractivity contribution in [2.75, 3.05) is 13.1 Å². The van der Waals surface area contributed by atoms with Crippen LogP contribution in [0.2, 0.25) is 0 Å². The van der Waals surface area contributed by atoms with Crippen molar-refractivity contribution in [1.82, 2.24) is 25.0 Å². The molecule has 0 bridgehead atoms. The van der Waals surface area contributed by atoms with Crippen LogP contribution in [-0.4, -0.2) is 38.7 Å². The van der Waals surface area contributed by atoms with Gasteiger partial charge in [-0.15, -0.1) is 11.3 Å². The van der Waals surface area contributed by atoms with Gasteiger partial charge >= 0.3 is 0 Å². The average molecular weight is 333 g/mol. The minimum atomic E-state index is -0.356. The highest BCUT2D eigenvalue weighted by molar-refractivity contribution is 7.09. The molecular weight excluding hydrogens is 310 g/mol. The Balaban J connectivity index is 1.76. The molecule has 3 rings (SSSR count). The first-order valence-electron chi connectivity index (χ1n) is 7.96. The van der Waals surface area contributed by atoms with Crippen molar-refractivity contribution < 1.29 is 4.79 Å². The molecular formula is C16H23N5OS. The van der Waals surface area contributed by atoms with Crippen molar-refractivity contribution in [3.05, 3.63) is 34.0 Å². The topological polar surface area (TPSA) is 63.0 Å². The summed E-state index contributed by atoms with van der Waals surface area (Å²) in [4.78, 5) is 18.7. The first-order valence-corrected chi connectivity index (χ1v) is 8.84. The van der Waals surface area contributed by atoms with E-state index in [-0.39, 0.29) is 11.4 Å². The fourth-order valence-corrected chi connectivity index (χ4v) is 4.16. The lowest BCUT2D eigenvalue weighted by Gasteiger charge is -2.28. The summed E-state index contributed by atoms with van der Waals surface area (Å²) < 4.78 is 1.94. The van der Waals surface area contributed by atoms with Crippen LogP contribution in [0.4, 0.5) is 0 Å². The van der Waals surface area contributed by atoms with E-state index in [9.17, 15) is 4.79 Å². The molecule has 1 amide bonds. The third-order valence-corrected chi connectivity index (χ3v) is 5.37. The van der Waals surface area contributed by atoms with Gasteiger partial charge in [0.1, 0.15) is 10.5 Å². The number of aromatic nitrogens is 3. The van der Waals surface area contributed by atoms with Crippen molar-refractivity contribution in [3.63, 3.8) is 0 Å². The highest BCUT2D eigenvalue weighted by Crippen LogP contribution is 2.34. The predicted octanol–water partition coefficient (Wildman–Crippen LogP) is 1.91. The van der Waals surface area contributed by atoms with E-state index in [0.29, 0.717) is 0 Å². The molecule has 124 valence electrons. The van der Waals surface area contributed by atoms with Gasteiger partial charge in [-0.05, 0) is 20.3 Å². The average Bonchev–Trinajstić information content (AvgIpc) is 3.20. The number of carbonyl (C=O) groups excluding carboxylic acids is 1. The third kappa shape index (κ3) is 3.45. The molecule has 1 atom stereocenters. The molecule has 2 aromatic heterocycles. The molecule has 6 nitrogen and oxygen atoms in total. The van der Waals surface area contributed by atoms with Gasteiger partial charge in [0.05, 0.1) is 6.20 Å². The van der Waals surface area contributed by atoms with Gasteiger partial charge in [-0.3, -0.25) is 14.4 Å². The number of hydrogen-bond acceptors (Lipinski definition) is 5. The van der Waals surface area contributed by atoms with Crippen LogP contribution in [0.1, 0.15) is 36.5 Å². The molecule has 3 heterocycles. The lowest BCUT2D eigenvalue weighted by molar-refractivity contribution is -0.120. The van der Waals surface area contributed by atoms with Crippen molar-refractivity contribution in [2.45, 2.75) is 45.8 Å². The SMILES string of the molecule is CCn1cc(CN2CCC(NC(C)=O)(c3nc(C)cs3)C2)cn1. The van der Waals surface area contributed by atoms with E-state index in [1.54, 1.807) is 18.3 Å². The summed E-state index contributed by atoms with van der Waals surface area (Å²) >= 11 is 1.63. The number of thiazole rings is 1. The standard InChI is InChI=1S/C16H23N5OS/c1-4-21-9-14(7-17-21)8-20-6-5-16(11-20,19-13(3)22)15-18-12(2)10-23-15/h7,9-10H,4-6,8,11H2,1-3H3,(H,19,22). The van der Waals surface area contributed by atoms with Gasteiger partial charge in [0.15, 0.2) is 0 Å². The molecule has 0 aliphatic carbocycles. The van der Waals surface area contributed by atoms with Crippen molar-refractivity contribution in [2.24, 2.45) is 0 Å². The number of nitrogens with zero attached hydrogens (tertiary/aromatic N) is 4. The van der Waals surface area contributed by atoms with E-state index in [1.807, 2.05) is 23.2 Å². The fraction of sp³-hybridized carbons (Fsp3) is 0.562.